The van der Waals surface area contributed by atoms with Gasteiger partial charge in [0.15, 0.2) is 5.82 Å². The molecule has 0 bridgehead atoms. The lowest BCUT2D eigenvalue weighted by atomic mass is 10.1. The number of nitrogen functional groups attached to an aromatic ring is 2. The Balaban J connectivity index is 2.61. The molecule has 2 rings (SSSR count). The van der Waals surface area contributed by atoms with Crippen molar-refractivity contribution in [2.45, 2.75) is 6.18 Å². The molecule has 96 valence electrons. The molecule has 0 aliphatic carbocycles. The standard InChI is InChI=1S/C9H7BrF3N5/c10-6-2-1-4(9(11,12)13)3-5(6)7-16-17-8(14)18(7)15/h1-3H,15H2,(H2,14,17). The van der Waals surface area contributed by atoms with Crippen LogP contribution in [0.4, 0.5) is 19.1 Å². The van der Waals surface area contributed by atoms with E-state index in [4.69, 9.17) is 11.6 Å². The lowest BCUT2D eigenvalue weighted by Gasteiger charge is -2.10. The maximum Gasteiger partial charge on any atom is 0.416 e. The Morgan fingerprint density at radius 2 is 1.89 bits per heavy atom. The third kappa shape index (κ3) is 2.13. The molecule has 4 N–H and O–H groups in total. The second-order valence-electron chi connectivity index (χ2n) is 3.44. The Kier molecular flexibility index (Phi) is 2.93. The molecular formula is C9H7BrF3N5. The summed E-state index contributed by atoms with van der Waals surface area (Å²) in [4.78, 5) is 0. The molecule has 0 amide bonds. The van der Waals surface area contributed by atoms with E-state index in [1.54, 1.807) is 0 Å². The normalized spacial score (nSPS) is 11.8. The average Bonchev–Trinajstić information content (AvgIpc) is 2.59. The molecule has 9 heteroatoms. The van der Waals surface area contributed by atoms with Crippen LogP contribution in [0.3, 0.4) is 0 Å². The highest BCUT2D eigenvalue weighted by atomic mass is 79.9. The Morgan fingerprint density at radius 1 is 1.22 bits per heavy atom. The van der Waals surface area contributed by atoms with E-state index in [0.717, 1.165) is 16.8 Å². The van der Waals surface area contributed by atoms with Crippen LogP contribution in [0.5, 0.6) is 0 Å². The van der Waals surface area contributed by atoms with Gasteiger partial charge in [0.1, 0.15) is 0 Å². The van der Waals surface area contributed by atoms with Gasteiger partial charge in [-0.3, -0.25) is 0 Å². The SMILES string of the molecule is Nc1nnc(-c2cc(C(F)(F)F)ccc2Br)n1N. The molecule has 18 heavy (non-hydrogen) atoms. The topological polar surface area (TPSA) is 82.8 Å². The molecule has 0 saturated carbocycles. The van der Waals surface area contributed by atoms with Crippen molar-refractivity contribution < 1.29 is 13.2 Å². The van der Waals surface area contributed by atoms with Gasteiger partial charge < -0.3 is 11.6 Å². The van der Waals surface area contributed by atoms with E-state index >= 15 is 0 Å². The molecule has 5 nitrogen and oxygen atoms in total. The lowest BCUT2D eigenvalue weighted by Crippen LogP contribution is -2.14. The maximum atomic E-state index is 12.6. The van der Waals surface area contributed by atoms with E-state index in [2.05, 4.69) is 26.1 Å². The van der Waals surface area contributed by atoms with Crippen molar-refractivity contribution in [3.05, 3.63) is 28.2 Å². The molecule has 0 fully saturated rings. The van der Waals surface area contributed by atoms with Crippen LogP contribution in [0.1, 0.15) is 5.56 Å². The fraction of sp³-hybridized carbons (Fsp3) is 0.111. The Bertz CT molecular complexity index is 592. The van der Waals surface area contributed by atoms with Crippen molar-refractivity contribution in [1.82, 2.24) is 14.9 Å². The van der Waals surface area contributed by atoms with Gasteiger partial charge in [-0.15, -0.1) is 10.2 Å². The quantitative estimate of drug-likeness (QED) is 0.787. The van der Waals surface area contributed by atoms with Gasteiger partial charge in [-0.1, -0.05) is 15.9 Å². The van der Waals surface area contributed by atoms with Crippen LogP contribution in [0.25, 0.3) is 11.4 Å². The number of halogens is 4. The first kappa shape index (κ1) is 12.7. The third-order valence-corrected chi connectivity index (χ3v) is 2.95. The Morgan fingerprint density at radius 3 is 2.39 bits per heavy atom. The average molecular weight is 322 g/mol. The summed E-state index contributed by atoms with van der Waals surface area (Å²) in [5, 5.41) is 7.12. The number of hydrogen-bond acceptors (Lipinski definition) is 4. The number of aromatic nitrogens is 3. The van der Waals surface area contributed by atoms with Crippen molar-refractivity contribution in [3.8, 4) is 11.4 Å². The van der Waals surface area contributed by atoms with Crippen molar-refractivity contribution in [1.29, 1.82) is 0 Å². The van der Waals surface area contributed by atoms with Gasteiger partial charge in [0.25, 0.3) is 0 Å². The summed E-state index contributed by atoms with van der Waals surface area (Å²) in [6.07, 6.45) is -4.44. The first-order valence-corrected chi connectivity index (χ1v) is 5.43. The van der Waals surface area contributed by atoms with Gasteiger partial charge in [-0.25, -0.2) is 4.68 Å². The van der Waals surface area contributed by atoms with E-state index in [1.807, 2.05) is 0 Å². The second kappa shape index (κ2) is 4.16. The minimum atomic E-state index is -4.44. The Hall–Kier alpha value is -1.77. The number of hydrogen-bond donors (Lipinski definition) is 2. The highest BCUT2D eigenvalue weighted by Gasteiger charge is 2.31. The molecule has 2 aromatic rings. The summed E-state index contributed by atoms with van der Waals surface area (Å²) >= 11 is 3.13. The predicted molar refractivity (Wildman–Crippen MR) is 62.7 cm³/mol. The summed E-state index contributed by atoms with van der Waals surface area (Å²) in [5.74, 6) is 5.49. The zero-order valence-electron chi connectivity index (χ0n) is 8.74. The largest absolute Gasteiger partial charge is 0.416 e. The molecule has 1 aromatic carbocycles. The van der Waals surface area contributed by atoms with E-state index in [-0.39, 0.29) is 17.3 Å². The molecule has 1 aromatic heterocycles. The summed E-state index contributed by atoms with van der Waals surface area (Å²) in [7, 11) is 0. The van der Waals surface area contributed by atoms with Crippen molar-refractivity contribution in [2.75, 3.05) is 11.6 Å². The highest BCUT2D eigenvalue weighted by molar-refractivity contribution is 9.10. The highest BCUT2D eigenvalue weighted by Crippen LogP contribution is 2.35. The molecule has 0 spiro atoms. The number of nitrogens with zero attached hydrogens (tertiary/aromatic N) is 3. The summed E-state index contributed by atoms with van der Waals surface area (Å²) < 4.78 is 39.1. The minimum Gasteiger partial charge on any atom is -0.366 e. The fourth-order valence-corrected chi connectivity index (χ4v) is 1.78. The molecule has 0 aliphatic rings. The number of rotatable bonds is 1. The van der Waals surface area contributed by atoms with Gasteiger partial charge >= 0.3 is 6.18 Å². The zero-order chi connectivity index (χ0) is 13.5. The molecule has 1 heterocycles. The fourth-order valence-electron chi connectivity index (χ4n) is 1.36. The maximum absolute atomic E-state index is 12.6. The number of alkyl halides is 3. The first-order chi connectivity index (χ1) is 8.30. The third-order valence-electron chi connectivity index (χ3n) is 2.26. The van der Waals surface area contributed by atoms with Crippen molar-refractivity contribution in [3.63, 3.8) is 0 Å². The smallest absolute Gasteiger partial charge is 0.366 e. The summed E-state index contributed by atoms with van der Waals surface area (Å²) in [6, 6.07) is 3.15. The van der Waals surface area contributed by atoms with E-state index in [9.17, 15) is 13.2 Å². The Labute approximate surface area is 108 Å². The molecule has 0 aliphatic heterocycles. The second-order valence-corrected chi connectivity index (χ2v) is 4.30. The summed E-state index contributed by atoms with van der Waals surface area (Å²) in [5.41, 5.74) is 4.74. The van der Waals surface area contributed by atoms with Gasteiger partial charge in [-0.2, -0.15) is 13.2 Å². The van der Waals surface area contributed by atoms with E-state index < -0.39 is 11.7 Å². The van der Waals surface area contributed by atoms with Crippen molar-refractivity contribution in [2.24, 2.45) is 0 Å². The number of nitrogens with two attached hydrogens (primary N) is 2. The van der Waals surface area contributed by atoms with Gasteiger partial charge in [0, 0.05) is 10.0 Å². The van der Waals surface area contributed by atoms with Crippen LogP contribution in [0, 0.1) is 0 Å². The molecular weight excluding hydrogens is 315 g/mol. The van der Waals surface area contributed by atoms with Crippen LogP contribution in [-0.4, -0.2) is 14.9 Å². The van der Waals surface area contributed by atoms with Gasteiger partial charge in [-0.05, 0) is 18.2 Å². The minimum absolute atomic E-state index is 0.0467. The number of benzene rings is 1. The van der Waals surface area contributed by atoms with Crippen LogP contribution >= 0.6 is 15.9 Å². The molecule has 0 radical (unpaired) electrons. The first-order valence-electron chi connectivity index (χ1n) is 4.64. The van der Waals surface area contributed by atoms with Crippen molar-refractivity contribution >= 4 is 21.9 Å². The van der Waals surface area contributed by atoms with Crippen LogP contribution in [-0.2, 0) is 6.18 Å². The summed E-state index contributed by atoms with van der Waals surface area (Å²) in [6.45, 7) is 0. The van der Waals surface area contributed by atoms with Gasteiger partial charge in [0.05, 0.1) is 5.56 Å². The molecule has 0 unspecified atom stereocenters. The predicted octanol–water partition coefficient (Wildman–Crippen LogP) is 2.02. The zero-order valence-corrected chi connectivity index (χ0v) is 10.3. The molecule has 0 saturated heterocycles. The van der Waals surface area contributed by atoms with Gasteiger partial charge in [0.2, 0.25) is 5.95 Å². The monoisotopic (exact) mass is 321 g/mol. The van der Waals surface area contributed by atoms with Crippen LogP contribution in [0.15, 0.2) is 22.7 Å². The van der Waals surface area contributed by atoms with Crippen LogP contribution < -0.4 is 11.6 Å². The van der Waals surface area contributed by atoms with E-state index in [0.29, 0.717) is 4.47 Å². The van der Waals surface area contributed by atoms with Crippen LogP contribution in [0.2, 0.25) is 0 Å². The lowest BCUT2D eigenvalue weighted by molar-refractivity contribution is -0.137. The molecule has 0 atom stereocenters. The number of anilines is 1. The van der Waals surface area contributed by atoms with E-state index in [1.165, 1.54) is 6.07 Å².